The smallest absolute Gasteiger partial charge is 0.329 e. The molecule has 1 saturated carbocycles. The number of hydrogen-bond acceptors (Lipinski definition) is 2. The fraction of sp³-hybridized carbons (Fsp3) is 0.300. The van der Waals surface area contributed by atoms with Gasteiger partial charge in [-0.1, -0.05) is 60.7 Å². The van der Waals surface area contributed by atoms with E-state index in [1.807, 2.05) is 60.7 Å². The van der Waals surface area contributed by atoms with E-state index < -0.39 is 11.5 Å². The summed E-state index contributed by atoms with van der Waals surface area (Å²) < 4.78 is 0. The van der Waals surface area contributed by atoms with Crippen LogP contribution in [-0.2, 0) is 16.0 Å². The Kier molecular flexibility index (Phi) is 4.65. The SMILES string of the molecule is O=C(CC(Cc1ccccc1)c1ccccc1)NC1(C(=O)O)CC1. The standard InChI is InChI=1S/C20H21NO3/c22-18(21-20(11-12-20)19(23)24)14-17(16-9-5-2-6-10-16)13-15-7-3-1-4-8-15/h1-10,17H,11-14H2,(H,21,22)(H,23,24). The van der Waals surface area contributed by atoms with Crippen molar-refractivity contribution in [3.05, 3.63) is 71.8 Å². The molecule has 3 rings (SSSR count). The molecule has 124 valence electrons. The number of amides is 1. The minimum atomic E-state index is -1.02. The summed E-state index contributed by atoms with van der Waals surface area (Å²) in [6.45, 7) is 0. The second kappa shape index (κ2) is 6.87. The van der Waals surface area contributed by atoms with E-state index >= 15 is 0 Å². The molecule has 4 heteroatoms. The van der Waals surface area contributed by atoms with E-state index in [0.29, 0.717) is 12.8 Å². The first-order valence-corrected chi connectivity index (χ1v) is 8.22. The van der Waals surface area contributed by atoms with Crippen molar-refractivity contribution in [3.8, 4) is 0 Å². The van der Waals surface area contributed by atoms with Crippen LogP contribution < -0.4 is 5.32 Å². The fourth-order valence-electron chi connectivity index (χ4n) is 2.99. The summed E-state index contributed by atoms with van der Waals surface area (Å²) in [7, 11) is 0. The molecule has 1 unspecified atom stereocenters. The molecular weight excluding hydrogens is 302 g/mol. The van der Waals surface area contributed by atoms with Crippen molar-refractivity contribution >= 4 is 11.9 Å². The minimum absolute atomic E-state index is 0.0261. The molecule has 0 aromatic heterocycles. The van der Waals surface area contributed by atoms with Crippen LogP contribution in [0, 0.1) is 0 Å². The Labute approximate surface area is 141 Å². The van der Waals surface area contributed by atoms with Gasteiger partial charge in [-0.2, -0.15) is 0 Å². The molecule has 0 aliphatic heterocycles. The zero-order valence-corrected chi connectivity index (χ0v) is 13.4. The molecule has 2 aromatic carbocycles. The van der Waals surface area contributed by atoms with Crippen LogP contribution in [0.15, 0.2) is 60.7 Å². The predicted molar refractivity (Wildman–Crippen MR) is 91.7 cm³/mol. The Morgan fingerprint density at radius 1 is 1.00 bits per heavy atom. The Bertz CT molecular complexity index is 708. The average Bonchev–Trinajstić information content (AvgIpc) is 3.37. The topological polar surface area (TPSA) is 66.4 Å². The summed E-state index contributed by atoms with van der Waals surface area (Å²) in [6.07, 6.45) is 2.07. The monoisotopic (exact) mass is 323 g/mol. The molecule has 0 bridgehead atoms. The van der Waals surface area contributed by atoms with Crippen LogP contribution in [0.4, 0.5) is 0 Å². The average molecular weight is 323 g/mol. The number of hydrogen-bond donors (Lipinski definition) is 2. The first-order valence-electron chi connectivity index (χ1n) is 8.22. The first-order chi connectivity index (χ1) is 11.6. The van der Waals surface area contributed by atoms with Gasteiger partial charge in [0, 0.05) is 6.42 Å². The summed E-state index contributed by atoms with van der Waals surface area (Å²) in [5.74, 6) is -1.10. The third kappa shape index (κ3) is 3.82. The third-order valence-electron chi connectivity index (χ3n) is 4.57. The molecule has 1 fully saturated rings. The van der Waals surface area contributed by atoms with Gasteiger partial charge in [0.2, 0.25) is 5.91 Å². The van der Waals surface area contributed by atoms with Crippen LogP contribution in [0.1, 0.15) is 36.3 Å². The van der Waals surface area contributed by atoms with E-state index in [0.717, 1.165) is 12.0 Å². The van der Waals surface area contributed by atoms with E-state index in [1.54, 1.807) is 0 Å². The number of aliphatic carboxylic acids is 1. The lowest BCUT2D eigenvalue weighted by atomic mass is 9.89. The number of carbonyl (C=O) groups excluding carboxylic acids is 1. The lowest BCUT2D eigenvalue weighted by Crippen LogP contribution is -2.43. The Hall–Kier alpha value is -2.62. The minimum Gasteiger partial charge on any atom is -0.480 e. The second-order valence-corrected chi connectivity index (χ2v) is 6.44. The molecule has 1 aliphatic rings. The molecular formula is C20H21NO3. The summed E-state index contributed by atoms with van der Waals surface area (Å²) in [6, 6.07) is 20.0. The molecule has 0 heterocycles. The number of carbonyl (C=O) groups is 2. The van der Waals surface area contributed by atoms with E-state index in [-0.39, 0.29) is 18.2 Å². The highest BCUT2D eigenvalue weighted by Gasteiger charge is 2.51. The predicted octanol–water partition coefficient (Wildman–Crippen LogP) is 3.14. The van der Waals surface area contributed by atoms with Crippen LogP contribution in [0.2, 0.25) is 0 Å². The van der Waals surface area contributed by atoms with Crippen molar-refractivity contribution in [2.75, 3.05) is 0 Å². The molecule has 24 heavy (non-hydrogen) atoms. The van der Waals surface area contributed by atoms with Gasteiger partial charge in [0.1, 0.15) is 5.54 Å². The Morgan fingerprint density at radius 3 is 2.12 bits per heavy atom. The molecule has 0 saturated heterocycles. The van der Waals surface area contributed by atoms with E-state index in [2.05, 4.69) is 5.32 Å². The lowest BCUT2D eigenvalue weighted by molar-refractivity contribution is -0.143. The summed E-state index contributed by atoms with van der Waals surface area (Å²) in [5.41, 5.74) is 1.24. The van der Waals surface area contributed by atoms with Gasteiger partial charge >= 0.3 is 5.97 Å². The van der Waals surface area contributed by atoms with Crippen LogP contribution >= 0.6 is 0 Å². The molecule has 0 radical (unpaired) electrons. The zero-order valence-electron chi connectivity index (χ0n) is 13.4. The van der Waals surface area contributed by atoms with Crippen molar-refractivity contribution in [1.82, 2.24) is 5.32 Å². The van der Waals surface area contributed by atoms with Crippen molar-refractivity contribution in [1.29, 1.82) is 0 Å². The van der Waals surface area contributed by atoms with Crippen LogP contribution in [0.25, 0.3) is 0 Å². The molecule has 1 amide bonds. The number of benzene rings is 2. The van der Waals surface area contributed by atoms with Gasteiger partial charge in [-0.15, -0.1) is 0 Å². The van der Waals surface area contributed by atoms with Crippen molar-refractivity contribution < 1.29 is 14.7 Å². The second-order valence-electron chi connectivity index (χ2n) is 6.44. The number of rotatable bonds is 7. The number of carboxylic acid groups (broad SMARTS) is 1. The highest BCUT2D eigenvalue weighted by atomic mass is 16.4. The maximum atomic E-state index is 12.4. The number of carboxylic acids is 1. The largest absolute Gasteiger partial charge is 0.480 e. The van der Waals surface area contributed by atoms with E-state index in [9.17, 15) is 14.7 Å². The van der Waals surface area contributed by atoms with Gasteiger partial charge in [-0.05, 0) is 36.3 Å². The zero-order chi connectivity index (χ0) is 17.0. The molecule has 2 aromatic rings. The first kappa shape index (κ1) is 16.2. The van der Waals surface area contributed by atoms with Crippen LogP contribution in [0.3, 0.4) is 0 Å². The maximum Gasteiger partial charge on any atom is 0.329 e. The van der Waals surface area contributed by atoms with Crippen molar-refractivity contribution in [3.63, 3.8) is 0 Å². The van der Waals surface area contributed by atoms with Crippen LogP contribution in [0.5, 0.6) is 0 Å². The van der Waals surface area contributed by atoms with Crippen molar-refractivity contribution in [2.24, 2.45) is 0 Å². The van der Waals surface area contributed by atoms with Gasteiger partial charge < -0.3 is 10.4 Å². The fourth-order valence-corrected chi connectivity index (χ4v) is 2.99. The normalized spacial score (nSPS) is 16.2. The van der Waals surface area contributed by atoms with Gasteiger partial charge in [0.25, 0.3) is 0 Å². The number of nitrogens with one attached hydrogen (secondary N) is 1. The van der Waals surface area contributed by atoms with E-state index in [4.69, 9.17) is 0 Å². The van der Waals surface area contributed by atoms with Crippen molar-refractivity contribution in [2.45, 2.75) is 37.1 Å². The Balaban J connectivity index is 1.73. The molecule has 0 spiro atoms. The molecule has 1 atom stereocenters. The summed E-state index contributed by atoms with van der Waals surface area (Å²) in [4.78, 5) is 23.7. The Morgan fingerprint density at radius 2 is 1.58 bits per heavy atom. The molecule has 1 aliphatic carbocycles. The summed E-state index contributed by atoms with van der Waals surface area (Å²) in [5, 5.41) is 11.9. The highest BCUT2D eigenvalue weighted by molar-refractivity contribution is 5.89. The van der Waals surface area contributed by atoms with Crippen LogP contribution in [-0.4, -0.2) is 22.5 Å². The van der Waals surface area contributed by atoms with E-state index in [1.165, 1.54) is 5.56 Å². The van der Waals surface area contributed by atoms with Gasteiger partial charge in [0.05, 0.1) is 0 Å². The lowest BCUT2D eigenvalue weighted by Gasteiger charge is -2.19. The molecule has 4 nitrogen and oxygen atoms in total. The van der Waals surface area contributed by atoms with Gasteiger partial charge in [-0.25, -0.2) is 4.79 Å². The highest BCUT2D eigenvalue weighted by Crippen LogP contribution is 2.36. The third-order valence-corrected chi connectivity index (χ3v) is 4.57. The summed E-state index contributed by atoms with van der Waals surface area (Å²) >= 11 is 0. The quantitative estimate of drug-likeness (QED) is 0.822. The van der Waals surface area contributed by atoms with Gasteiger partial charge in [-0.3, -0.25) is 4.79 Å². The molecule has 2 N–H and O–H groups in total. The maximum absolute atomic E-state index is 12.4. The van der Waals surface area contributed by atoms with Gasteiger partial charge in [0.15, 0.2) is 0 Å².